The van der Waals surface area contributed by atoms with Crippen LogP contribution in [0.2, 0.25) is 0 Å². The number of ketones is 2. The maximum absolute atomic E-state index is 13.8. The second kappa shape index (κ2) is 10.6. The third kappa shape index (κ3) is 5.44. The van der Waals surface area contributed by atoms with E-state index in [2.05, 4.69) is 48.5 Å². The lowest BCUT2D eigenvalue weighted by Gasteiger charge is -2.48. The molecule has 2 aromatic rings. The molecule has 1 heterocycles. The van der Waals surface area contributed by atoms with E-state index in [9.17, 15) is 29.8 Å². The SMILES string of the molecule is COc1cc(C2C3=C(CC(C)(C)CC3=O)N(C)C3=C2C(=O)CC(C)(C)C3)cc(Br)c1Oc1ccc([N+](=O)[O-])cc1[N+](=O)[O-]. The average molecular weight is 655 g/mol. The summed E-state index contributed by atoms with van der Waals surface area (Å²) < 4.78 is 12.0. The topological polar surface area (TPSA) is 142 Å². The van der Waals surface area contributed by atoms with Crippen molar-refractivity contribution in [1.29, 1.82) is 0 Å². The Hall–Kier alpha value is -4.06. The third-order valence-electron chi connectivity index (χ3n) is 8.33. The first kappa shape index (κ1) is 30.4. The van der Waals surface area contributed by atoms with Crippen LogP contribution in [0.4, 0.5) is 11.4 Å². The van der Waals surface area contributed by atoms with Crippen molar-refractivity contribution in [3.05, 3.63) is 83.1 Å². The van der Waals surface area contributed by atoms with E-state index in [4.69, 9.17) is 9.47 Å². The lowest BCUT2D eigenvalue weighted by molar-refractivity contribution is -0.394. The van der Waals surface area contributed by atoms with Gasteiger partial charge in [-0.1, -0.05) is 27.7 Å². The zero-order valence-electron chi connectivity index (χ0n) is 24.8. The van der Waals surface area contributed by atoms with Crippen molar-refractivity contribution in [1.82, 2.24) is 4.90 Å². The quantitative estimate of drug-likeness (QED) is 0.230. The number of nitro groups is 2. The molecule has 0 amide bonds. The van der Waals surface area contributed by atoms with Crippen molar-refractivity contribution in [3.8, 4) is 17.2 Å². The summed E-state index contributed by atoms with van der Waals surface area (Å²) in [5.41, 5.74) is 2.15. The Balaban J connectivity index is 1.67. The Kier molecular flexibility index (Phi) is 7.48. The highest BCUT2D eigenvalue weighted by Gasteiger charge is 2.48. The number of halogens is 1. The van der Waals surface area contributed by atoms with Gasteiger partial charge in [0, 0.05) is 54.4 Å². The minimum atomic E-state index is -0.760. The van der Waals surface area contributed by atoms with E-state index in [1.807, 2.05) is 7.05 Å². The second-order valence-electron chi connectivity index (χ2n) is 12.9. The Morgan fingerprint density at radius 1 is 0.860 bits per heavy atom. The number of carbonyl (C=O) groups excluding carboxylic acids is 2. The van der Waals surface area contributed by atoms with E-state index in [1.54, 1.807) is 12.1 Å². The Labute approximate surface area is 257 Å². The molecule has 11 nitrogen and oxygen atoms in total. The molecular formula is C31H32BrN3O8. The van der Waals surface area contributed by atoms with Crippen molar-refractivity contribution in [3.63, 3.8) is 0 Å². The van der Waals surface area contributed by atoms with Crippen LogP contribution < -0.4 is 9.47 Å². The zero-order chi connectivity index (χ0) is 31.6. The number of ether oxygens (including phenoxy) is 2. The summed E-state index contributed by atoms with van der Waals surface area (Å²) in [5, 5.41) is 22.9. The molecule has 2 aliphatic carbocycles. The van der Waals surface area contributed by atoms with Crippen LogP contribution in [0.5, 0.6) is 17.2 Å². The first-order valence-electron chi connectivity index (χ1n) is 13.8. The normalized spacial score (nSPS) is 19.7. The smallest absolute Gasteiger partial charge is 0.318 e. The van der Waals surface area contributed by atoms with Crippen LogP contribution in [0, 0.1) is 31.1 Å². The summed E-state index contributed by atoms with van der Waals surface area (Å²) in [4.78, 5) is 51.1. The molecule has 0 N–H and O–H groups in total. The number of Topliss-reactive ketones (excluding diaryl/α,β-unsaturated/α-hetero) is 2. The fourth-order valence-corrected chi connectivity index (χ4v) is 7.00. The highest BCUT2D eigenvalue weighted by Crippen LogP contribution is 2.55. The van der Waals surface area contributed by atoms with Gasteiger partial charge in [-0.2, -0.15) is 0 Å². The first-order chi connectivity index (χ1) is 20.0. The summed E-state index contributed by atoms with van der Waals surface area (Å²) in [6.07, 6.45) is 2.05. The maximum Gasteiger partial charge on any atom is 0.318 e. The Bertz CT molecular complexity index is 1620. The van der Waals surface area contributed by atoms with Gasteiger partial charge in [-0.25, -0.2) is 0 Å². The number of allylic oxidation sites excluding steroid dienone is 4. The standard InChI is InChI=1S/C31H32BrN3O8/c1-30(2)12-20-27(22(36)14-30)26(28-21(33(20)5)13-31(3,4)15-23(28)37)16-9-18(32)29(25(10-16)42-6)43-24-8-7-17(34(38)39)11-19(24)35(40)41/h7-11,26H,12-15H2,1-6H3. The highest BCUT2D eigenvalue weighted by atomic mass is 79.9. The Morgan fingerprint density at radius 3 is 1.91 bits per heavy atom. The molecule has 1 aliphatic heterocycles. The number of carbonyl (C=O) groups is 2. The predicted molar refractivity (Wildman–Crippen MR) is 161 cm³/mol. The third-order valence-corrected chi connectivity index (χ3v) is 8.92. The van der Waals surface area contributed by atoms with Crippen molar-refractivity contribution in [2.24, 2.45) is 10.8 Å². The monoisotopic (exact) mass is 653 g/mol. The molecule has 0 saturated heterocycles. The number of nitrogens with zero attached hydrogens (tertiary/aromatic N) is 3. The predicted octanol–water partition coefficient (Wildman–Crippen LogP) is 7.38. The van der Waals surface area contributed by atoms with Gasteiger partial charge in [0.05, 0.1) is 27.5 Å². The molecule has 0 saturated carbocycles. The van der Waals surface area contributed by atoms with Gasteiger partial charge in [-0.15, -0.1) is 0 Å². The summed E-state index contributed by atoms with van der Waals surface area (Å²) in [6, 6.07) is 6.52. The van der Waals surface area contributed by atoms with E-state index in [0.717, 1.165) is 29.6 Å². The number of rotatable bonds is 6. The van der Waals surface area contributed by atoms with Gasteiger partial charge < -0.3 is 14.4 Å². The molecule has 0 spiro atoms. The molecule has 0 atom stereocenters. The molecule has 12 heteroatoms. The van der Waals surface area contributed by atoms with Gasteiger partial charge in [0.2, 0.25) is 5.75 Å². The van der Waals surface area contributed by atoms with Crippen LogP contribution in [0.25, 0.3) is 0 Å². The number of methoxy groups -OCH3 is 1. The number of hydrogen-bond donors (Lipinski definition) is 0. The van der Waals surface area contributed by atoms with E-state index < -0.39 is 27.1 Å². The van der Waals surface area contributed by atoms with Crippen LogP contribution in [0.15, 0.2) is 57.3 Å². The molecule has 0 aromatic heterocycles. The van der Waals surface area contributed by atoms with Crippen LogP contribution >= 0.6 is 15.9 Å². The Morgan fingerprint density at radius 2 is 1.42 bits per heavy atom. The number of benzene rings is 2. The molecule has 43 heavy (non-hydrogen) atoms. The van der Waals surface area contributed by atoms with Gasteiger partial charge in [0.15, 0.2) is 23.1 Å². The maximum atomic E-state index is 13.8. The second-order valence-corrected chi connectivity index (χ2v) is 13.8. The number of hydrogen-bond acceptors (Lipinski definition) is 9. The lowest BCUT2D eigenvalue weighted by atomic mass is 9.64. The van der Waals surface area contributed by atoms with E-state index in [-0.39, 0.29) is 39.6 Å². The van der Waals surface area contributed by atoms with Crippen LogP contribution in [-0.4, -0.2) is 40.5 Å². The van der Waals surface area contributed by atoms with E-state index in [1.165, 1.54) is 7.11 Å². The summed E-state index contributed by atoms with van der Waals surface area (Å²) in [7, 11) is 3.35. The molecule has 0 radical (unpaired) electrons. The molecule has 2 aromatic carbocycles. The van der Waals surface area contributed by atoms with Gasteiger partial charge in [-0.3, -0.25) is 29.8 Å². The fourth-order valence-electron chi connectivity index (χ4n) is 6.46. The van der Waals surface area contributed by atoms with Gasteiger partial charge in [0.1, 0.15) is 0 Å². The minimum Gasteiger partial charge on any atom is -0.493 e. The first-order valence-corrected chi connectivity index (χ1v) is 14.6. The summed E-state index contributed by atoms with van der Waals surface area (Å²) in [5.74, 6) is -0.556. The average Bonchev–Trinajstić information content (AvgIpc) is 2.89. The number of non-ortho nitro benzene ring substituents is 1. The van der Waals surface area contributed by atoms with Crippen molar-refractivity contribution in [2.75, 3.05) is 14.2 Å². The van der Waals surface area contributed by atoms with Gasteiger partial charge in [0.25, 0.3) is 5.69 Å². The lowest BCUT2D eigenvalue weighted by Crippen LogP contribution is -2.43. The van der Waals surface area contributed by atoms with Gasteiger partial charge >= 0.3 is 5.69 Å². The van der Waals surface area contributed by atoms with Crippen LogP contribution in [0.3, 0.4) is 0 Å². The summed E-state index contributed by atoms with van der Waals surface area (Å²) >= 11 is 3.52. The van der Waals surface area contributed by atoms with Crippen LogP contribution in [0.1, 0.15) is 64.9 Å². The summed E-state index contributed by atoms with van der Waals surface area (Å²) in [6.45, 7) is 8.28. The minimum absolute atomic E-state index is 0.01000. The van der Waals surface area contributed by atoms with E-state index in [0.29, 0.717) is 46.9 Å². The van der Waals surface area contributed by atoms with Gasteiger partial charge in [-0.05, 0) is 63.4 Å². The van der Waals surface area contributed by atoms with Crippen LogP contribution in [-0.2, 0) is 9.59 Å². The molecule has 3 aliphatic rings. The molecule has 0 bridgehead atoms. The molecule has 5 rings (SSSR count). The van der Waals surface area contributed by atoms with Crippen molar-refractivity contribution >= 4 is 38.9 Å². The molecule has 0 fully saturated rings. The van der Waals surface area contributed by atoms with Crippen molar-refractivity contribution in [2.45, 2.75) is 59.3 Å². The van der Waals surface area contributed by atoms with Crippen molar-refractivity contribution < 1.29 is 28.9 Å². The van der Waals surface area contributed by atoms with E-state index >= 15 is 0 Å². The zero-order valence-corrected chi connectivity index (χ0v) is 26.4. The number of nitro benzene ring substituents is 2. The molecule has 0 unspecified atom stereocenters. The fraction of sp³-hybridized carbons (Fsp3) is 0.419. The largest absolute Gasteiger partial charge is 0.493 e. The molecule has 226 valence electrons. The molecular weight excluding hydrogens is 622 g/mol. The highest BCUT2D eigenvalue weighted by molar-refractivity contribution is 9.10.